The number of nitro benzene ring substituents is 1. The van der Waals surface area contributed by atoms with Crippen molar-refractivity contribution in [2.45, 2.75) is 6.92 Å². The number of nitro groups is 1. The molecule has 0 aliphatic carbocycles. The predicted octanol–water partition coefficient (Wildman–Crippen LogP) is 3.95. The SMILES string of the molecule is Cc1cc(C(=O)Nc2cc([N+](=O)[O-])ccc2Cl)ccc1F. The number of nitrogens with one attached hydrogen (secondary N) is 1. The first kappa shape index (κ1) is 14.9. The van der Waals surface area contributed by atoms with Crippen LogP contribution in [-0.2, 0) is 0 Å². The zero-order valence-electron chi connectivity index (χ0n) is 10.9. The highest BCUT2D eigenvalue weighted by molar-refractivity contribution is 6.34. The Labute approximate surface area is 124 Å². The summed E-state index contributed by atoms with van der Waals surface area (Å²) in [5.74, 6) is -0.944. The summed E-state index contributed by atoms with van der Waals surface area (Å²) in [5.41, 5.74) is 0.493. The minimum absolute atomic E-state index is 0.123. The lowest BCUT2D eigenvalue weighted by Crippen LogP contribution is -2.12. The van der Waals surface area contributed by atoms with E-state index in [9.17, 15) is 19.3 Å². The van der Waals surface area contributed by atoms with Crippen LogP contribution in [0.25, 0.3) is 0 Å². The number of amides is 1. The minimum atomic E-state index is -0.589. The molecular weight excluding hydrogens is 299 g/mol. The van der Waals surface area contributed by atoms with E-state index in [4.69, 9.17) is 11.6 Å². The quantitative estimate of drug-likeness (QED) is 0.689. The second-order valence-electron chi connectivity index (χ2n) is 4.34. The van der Waals surface area contributed by atoms with Crippen LogP contribution in [0.3, 0.4) is 0 Å². The summed E-state index contributed by atoms with van der Waals surface area (Å²) in [6, 6.07) is 7.61. The van der Waals surface area contributed by atoms with Crippen LogP contribution in [0.2, 0.25) is 5.02 Å². The Bertz CT molecular complexity index is 734. The molecule has 2 rings (SSSR count). The van der Waals surface area contributed by atoms with Gasteiger partial charge in [-0.25, -0.2) is 4.39 Å². The molecule has 5 nitrogen and oxygen atoms in total. The summed E-state index contributed by atoms with van der Waals surface area (Å²) in [7, 11) is 0. The minimum Gasteiger partial charge on any atom is -0.320 e. The Morgan fingerprint density at radius 3 is 2.62 bits per heavy atom. The highest BCUT2D eigenvalue weighted by Gasteiger charge is 2.14. The second kappa shape index (κ2) is 5.88. The molecule has 0 aliphatic heterocycles. The van der Waals surface area contributed by atoms with Gasteiger partial charge in [0.05, 0.1) is 15.6 Å². The molecule has 0 heterocycles. The fourth-order valence-electron chi connectivity index (χ4n) is 1.70. The van der Waals surface area contributed by atoms with Crippen molar-refractivity contribution in [2.75, 3.05) is 5.32 Å². The molecule has 2 aromatic carbocycles. The van der Waals surface area contributed by atoms with E-state index in [2.05, 4.69) is 5.32 Å². The molecule has 0 saturated heterocycles. The predicted molar refractivity (Wildman–Crippen MR) is 77.2 cm³/mol. The maximum Gasteiger partial charge on any atom is 0.271 e. The monoisotopic (exact) mass is 308 g/mol. The van der Waals surface area contributed by atoms with Crippen LogP contribution in [0.1, 0.15) is 15.9 Å². The van der Waals surface area contributed by atoms with Crippen molar-refractivity contribution >= 4 is 28.9 Å². The molecule has 21 heavy (non-hydrogen) atoms. The van der Waals surface area contributed by atoms with Crippen LogP contribution in [0, 0.1) is 22.9 Å². The Kier molecular flexibility index (Phi) is 4.18. The Balaban J connectivity index is 2.28. The number of carbonyl (C=O) groups is 1. The average molecular weight is 309 g/mol. The first-order valence-electron chi connectivity index (χ1n) is 5.90. The van der Waals surface area contributed by atoms with Crippen molar-refractivity contribution in [3.63, 3.8) is 0 Å². The van der Waals surface area contributed by atoms with E-state index in [0.29, 0.717) is 5.56 Å². The number of hydrogen-bond donors (Lipinski definition) is 1. The van der Waals surface area contributed by atoms with E-state index in [1.165, 1.54) is 37.3 Å². The Morgan fingerprint density at radius 1 is 1.29 bits per heavy atom. The molecule has 1 amide bonds. The van der Waals surface area contributed by atoms with Crippen molar-refractivity contribution in [1.82, 2.24) is 0 Å². The van der Waals surface area contributed by atoms with Gasteiger partial charge in [0.25, 0.3) is 11.6 Å². The molecule has 0 bridgehead atoms. The lowest BCUT2D eigenvalue weighted by Gasteiger charge is -2.08. The van der Waals surface area contributed by atoms with Gasteiger partial charge in [-0.05, 0) is 36.8 Å². The molecule has 0 atom stereocenters. The first-order valence-corrected chi connectivity index (χ1v) is 6.27. The molecule has 0 saturated carbocycles. The van der Waals surface area contributed by atoms with E-state index in [-0.39, 0.29) is 22.0 Å². The van der Waals surface area contributed by atoms with Gasteiger partial charge in [0.1, 0.15) is 5.82 Å². The van der Waals surface area contributed by atoms with Gasteiger partial charge in [0, 0.05) is 17.7 Å². The number of halogens is 2. The van der Waals surface area contributed by atoms with Crippen molar-refractivity contribution in [3.8, 4) is 0 Å². The van der Waals surface area contributed by atoms with E-state index in [0.717, 1.165) is 6.07 Å². The molecule has 7 heteroatoms. The number of aryl methyl sites for hydroxylation is 1. The number of non-ortho nitro benzene ring substituents is 1. The molecule has 0 unspecified atom stereocenters. The fourth-order valence-corrected chi connectivity index (χ4v) is 1.87. The molecule has 2 aromatic rings. The third-order valence-corrected chi connectivity index (χ3v) is 3.16. The van der Waals surface area contributed by atoms with Gasteiger partial charge in [0.15, 0.2) is 0 Å². The topological polar surface area (TPSA) is 72.2 Å². The molecule has 108 valence electrons. The number of nitrogens with zero attached hydrogens (tertiary/aromatic N) is 1. The summed E-state index contributed by atoms with van der Waals surface area (Å²) >= 11 is 5.89. The number of anilines is 1. The summed E-state index contributed by atoms with van der Waals surface area (Å²) in [6.45, 7) is 1.53. The molecule has 1 N–H and O–H groups in total. The van der Waals surface area contributed by atoms with E-state index in [1.807, 2.05) is 0 Å². The molecule has 0 aliphatic rings. The van der Waals surface area contributed by atoms with Crippen molar-refractivity contribution in [1.29, 1.82) is 0 Å². The average Bonchev–Trinajstić information content (AvgIpc) is 2.43. The van der Waals surface area contributed by atoms with Crippen molar-refractivity contribution in [2.24, 2.45) is 0 Å². The molecule has 0 fully saturated rings. The largest absolute Gasteiger partial charge is 0.320 e. The normalized spacial score (nSPS) is 10.2. The second-order valence-corrected chi connectivity index (χ2v) is 4.75. The van der Waals surface area contributed by atoms with Gasteiger partial charge in [-0.1, -0.05) is 11.6 Å². The zero-order chi connectivity index (χ0) is 15.6. The van der Waals surface area contributed by atoms with Crippen molar-refractivity contribution in [3.05, 3.63) is 68.5 Å². The van der Waals surface area contributed by atoms with Gasteiger partial charge in [-0.3, -0.25) is 14.9 Å². The zero-order valence-corrected chi connectivity index (χ0v) is 11.6. The van der Waals surface area contributed by atoms with Crippen LogP contribution in [-0.4, -0.2) is 10.8 Å². The molecular formula is C14H10ClFN2O3. The third kappa shape index (κ3) is 3.35. The Morgan fingerprint density at radius 2 is 2.00 bits per heavy atom. The highest BCUT2D eigenvalue weighted by atomic mass is 35.5. The Hall–Kier alpha value is -2.47. The van der Waals surface area contributed by atoms with Crippen LogP contribution < -0.4 is 5.32 Å². The number of carbonyl (C=O) groups excluding carboxylic acids is 1. The summed E-state index contributed by atoms with van der Waals surface area (Å²) in [6.07, 6.45) is 0. The van der Waals surface area contributed by atoms with Gasteiger partial charge in [-0.2, -0.15) is 0 Å². The van der Waals surface area contributed by atoms with Crippen LogP contribution in [0.4, 0.5) is 15.8 Å². The van der Waals surface area contributed by atoms with Crippen LogP contribution in [0.5, 0.6) is 0 Å². The number of rotatable bonds is 3. The molecule has 0 spiro atoms. The summed E-state index contributed by atoms with van der Waals surface area (Å²) in [4.78, 5) is 22.2. The lowest BCUT2D eigenvalue weighted by atomic mass is 10.1. The van der Waals surface area contributed by atoms with E-state index >= 15 is 0 Å². The maximum absolute atomic E-state index is 13.2. The first-order chi connectivity index (χ1) is 9.88. The number of hydrogen-bond acceptors (Lipinski definition) is 3. The fraction of sp³-hybridized carbons (Fsp3) is 0.0714. The molecule has 0 aromatic heterocycles. The highest BCUT2D eigenvalue weighted by Crippen LogP contribution is 2.27. The van der Waals surface area contributed by atoms with Crippen LogP contribution in [0.15, 0.2) is 36.4 Å². The summed E-state index contributed by atoms with van der Waals surface area (Å²) < 4.78 is 13.2. The van der Waals surface area contributed by atoms with Crippen LogP contribution >= 0.6 is 11.6 Å². The smallest absolute Gasteiger partial charge is 0.271 e. The molecule has 0 radical (unpaired) electrons. The van der Waals surface area contributed by atoms with Gasteiger partial charge in [0.2, 0.25) is 0 Å². The lowest BCUT2D eigenvalue weighted by molar-refractivity contribution is -0.384. The summed E-state index contributed by atoms with van der Waals surface area (Å²) in [5, 5.41) is 13.4. The maximum atomic E-state index is 13.2. The van der Waals surface area contributed by atoms with Gasteiger partial charge >= 0.3 is 0 Å². The van der Waals surface area contributed by atoms with Gasteiger partial charge < -0.3 is 5.32 Å². The standard InChI is InChI=1S/C14H10ClFN2O3/c1-8-6-9(2-5-12(8)16)14(19)17-13-7-10(18(20)21)3-4-11(13)15/h2-7H,1H3,(H,17,19). The van der Waals surface area contributed by atoms with E-state index in [1.54, 1.807) is 0 Å². The number of benzene rings is 2. The van der Waals surface area contributed by atoms with Gasteiger partial charge in [-0.15, -0.1) is 0 Å². The van der Waals surface area contributed by atoms with E-state index < -0.39 is 16.6 Å². The van der Waals surface area contributed by atoms with Crippen molar-refractivity contribution < 1.29 is 14.1 Å². The third-order valence-electron chi connectivity index (χ3n) is 2.83.